The van der Waals surface area contributed by atoms with E-state index >= 15 is 0 Å². The Morgan fingerprint density at radius 3 is 2.08 bits per heavy atom. The van der Waals surface area contributed by atoms with E-state index in [2.05, 4.69) is 81.3 Å². The molecule has 0 spiro atoms. The molecule has 1 fully saturated rings. The summed E-state index contributed by atoms with van der Waals surface area (Å²) in [5, 5.41) is 6.78. The Morgan fingerprint density at radius 2 is 1.57 bits per heavy atom. The van der Waals surface area contributed by atoms with Gasteiger partial charge < -0.3 is 10.2 Å². The number of nitrogens with two attached hydrogens (primary N) is 1. The third kappa shape index (κ3) is 5.91. The van der Waals surface area contributed by atoms with Crippen molar-refractivity contribution in [2.24, 2.45) is 11.7 Å². The van der Waals surface area contributed by atoms with Crippen LogP contribution in [0.2, 0.25) is 5.04 Å². The lowest BCUT2D eigenvalue weighted by atomic mass is 10.1. The molecule has 2 N–H and O–H groups in total. The van der Waals surface area contributed by atoms with Gasteiger partial charge in [0.1, 0.15) is 4.90 Å². The predicted octanol–water partition coefficient (Wildman–Crippen LogP) is 3.21. The van der Waals surface area contributed by atoms with E-state index < -0.39 is 18.3 Å². The van der Waals surface area contributed by atoms with E-state index in [-0.39, 0.29) is 21.9 Å². The van der Waals surface area contributed by atoms with E-state index in [1.807, 2.05) is 12.1 Å². The maximum absolute atomic E-state index is 13.1. The van der Waals surface area contributed by atoms with Crippen molar-refractivity contribution in [2.75, 3.05) is 19.7 Å². The summed E-state index contributed by atoms with van der Waals surface area (Å²) in [5.74, 6) is 0.130. The molecule has 9 heteroatoms. The molecule has 0 amide bonds. The Hall–Kier alpha value is -2.30. The van der Waals surface area contributed by atoms with Gasteiger partial charge in [-0.2, -0.15) is 9.40 Å². The molecule has 1 atom stereocenters. The molecule has 2 heterocycles. The van der Waals surface area contributed by atoms with Crippen LogP contribution in [0.25, 0.3) is 0 Å². The predicted molar refractivity (Wildman–Crippen MR) is 151 cm³/mol. The van der Waals surface area contributed by atoms with Crippen molar-refractivity contribution < 1.29 is 12.8 Å². The Kier molecular flexibility index (Phi) is 8.40. The lowest BCUT2D eigenvalue weighted by molar-refractivity contribution is 0.227. The smallest absolute Gasteiger partial charge is 0.261 e. The Labute approximate surface area is 222 Å². The number of benzene rings is 2. The number of piperidine rings is 1. The molecule has 2 aromatic carbocycles. The van der Waals surface area contributed by atoms with Crippen LogP contribution in [0.4, 0.5) is 0 Å². The number of nitrogens with zero attached hydrogens (tertiary/aromatic N) is 3. The second-order valence-corrected chi connectivity index (χ2v) is 17.5. The minimum atomic E-state index is -3.56. The van der Waals surface area contributed by atoms with Crippen LogP contribution in [0.5, 0.6) is 0 Å². The van der Waals surface area contributed by atoms with Crippen molar-refractivity contribution in [3.05, 3.63) is 73.1 Å². The van der Waals surface area contributed by atoms with Crippen molar-refractivity contribution in [3.63, 3.8) is 0 Å². The van der Waals surface area contributed by atoms with E-state index in [0.717, 1.165) is 0 Å². The maximum atomic E-state index is 13.1. The molecule has 4 rings (SSSR count). The minimum Gasteiger partial charge on any atom is -0.407 e. The van der Waals surface area contributed by atoms with Crippen LogP contribution >= 0.6 is 0 Å². The van der Waals surface area contributed by atoms with Gasteiger partial charge in [0.05, 0.1) is 6.20 Å². The normalized spacial score (nSPS) is 17.1. The van der Waals surface area contributed by atoms with Gasteiger partial charge in [0.25, 0.3) is 8.32 Å². The third-order valence-corrected chi connectivity index (χ3v) is 14.1. The summed E-state index contributed by atoms with van der Waals surface area (Å²) in [5.41, 5.74) is 5.95. The molecule has 3 aromatic rings. The number of rotatable bonds is 9. The molecular weight excluding hydrogens is 500 g/mol. The van der Waals surface area contributed by atoms with Crippen molar-refractivity contribution in [3.8, 4) is 0 Å². The maximum Gasteiger partial charge on any atom is 0.261 e. The first-order valence-corrected chi connectivity index (χ1v) is 16.4. The summed E-state index contributed by atoms with van der Waals surface area (Å²) >= 11 is 0. The number of hydrogen-bond acceptors (Lipinski definition) is 5. The van der Waals surface area contributed by atoms with Gasteiger partial charge in [-0.05, 0) is 34.2 Å². The average molecular weight is 541 g/mol. The van der Waals surface area contributed by atoms with Gasteiger partial charge in [-0.1, -0.05) is 88.4 Å². The van der Waals surface area contributed by atoms with Crippen molar-refractivity contribution >= 4 is 28.7 Å². The minimum absolute atomic E-state index is 0.0746. The summed E-state index contributed by atoms with van der Waals surface area (Å²) in [4.78, 5) is 0.239. The SMILES string of the molecule is CC(CO[Si](c1ccccc1)(c1ccccc1)C(C)(C)C)Cn1cc(S(=O)(=O)N2CCC(N)CC2)cn1. The molecule has 0 radical (unpaired) electrons. The summed E-state index contributed by atoms with van der Waals surface area (Å²) in [6.45, 7) is 10.9. The summed E-state index contributed by atoms with van der Waals surface area (Å²) < 4.78 is 36.5. The van der Waals surface area contributed by atoms with Gasteiger partial charge in [0.2, 0.25) is 10.0 Å². The van der Waals surface area contributed by atoms with E-state index in [4.69, 9.17) is 10.2 Å². The lowest BCUT2D eigenvalue weighted by Crippen LogP contribution is -2.66. The third-order valence-electron chi connectivity index (χ3n) is 7.25. The van der Waals surface area contributed by atoms with Crippen molar-refractivity contribution in [1.29, 1.82) is 0 Å². The standard InChI is InChI=1S/C28H40N4O3SSi/c1-23(20-31-21-25(19-30-31)36(33,34)32-17-15-24(29)16-18-32)22-35-37(28(2,3)4,26-11-7-5-8-12-26)27-13-9-6-10-14-27/h5-14,19,21,23-24H,15-18,20,22,29H2,1-4H3. The van der Waals surface area contributed by atoms with Gasteiger partial charge >= 0.3 is 0 Å². The monoisotopic (exact) mass is 540 g/mol. The van der Waals surface area contributed by atoms with E-state index in [1.165, 1.54) is 20.9 Å². The number of aromatic nitrogens is 2. The highest BCUT2D eigenvalue weighted by molar-refractivity contribution is 7.89. The molecule has 37 heavy (non-hydrogen) atoms. The highest BCUT2D eigenvalue weighted by Crippen LogP contribution is 2.37. The molecule has 1 aromatic heterocycles. The van der Waals surface area contributed by atoms with Gasteiger partial charge in [-0.25, -0.2) is 8.42 Å². The van der Waals surface area contributed by atoms with Gasteiger partial charge in [0, 0.05) is 38.5 Å². The molecular formula is C28H40N4O3SSi. The Balaban J connectivity index is 1.52. The van der Waals surface area contributed by atoms with Crippen LogP contribution in [0.3, 0.4) is 0 Å². The first kappa shape index (κ1) is 27.7. The average Bonchev–Trinajstić information content (AvgIpc) is 3.34. The second-order valence-electron chi connectivity index (χ2n) is 11.2. The summed E-state index contributed by atoms with van der Waals surface area (Å²) in [7, 11) is -6.18. The van der Waals surface area contributed by atoms with Crippen LogP contribution < -0.4 is 16.1 Å². The second kappa shape index (κ2) is 11.2. The van der Waals surface area contributed by atoms with Gasteiger partial charge in [-0.3, -0.25) is 4.68 Å². The highest BCUT2D eigenvalue weighted by Gasteiger charge is 2.50. The van der Waals surface area contributed by atoms with Gasteiger partial charge in [-0.15, -0.1) is 0 Å². The molecule has 1 aliphatic heterocycles. The zero-order valence-electron chi connectivity index (χ0n) is 22.4. The molecule has 1 saturated heterocycles. The highest BCUT2D eigenvalue weighted by atomic mass is 32.2. The van der Waals surface area contributed by atoms with Crippen LogP contribution in [0, 0.1) is 5.92 Å². The zero-order valence-corrected chi connectivity index (χ0v) is 24.2. The topological polar surface area (TPSA) is 90.5 Å². The molecule has 7 nitrogen and oxygen atoms in total. The molecule has 1 unspecified atom stereocenters. The number of sulfonamides is 1. The fourth-order valence-corrected chi connectivity index (χ4v) is 11.4. The van der Waals surface area contributed by atoms with Crippen molar-refractivity contribution in [2.45, 2.75) is 63.1 Å². The van der Waals surface area contributed by atoms with Crippen LogP contribution in [0.15, 0.2) is 78.0 Å². The van der Waals surface area contributed by atoms with E-state index in [9.17, 15) is 8.42 Å². The molecule has 0 aliphatic carbocycles. The fraction of sp³-hybridized carbons (Fsp3) is 0.464. The molecule has 200 valence electrons. The Morgan fingerprint density at radius 1 is 1.03 bits per heavy atom. The first-order chi connectivity index (χ1) is 17.5. The fourth-order valence-electron chi connectivity index (χ4n) is 5.24. The van der Waals surface area contributed by atoms with Crippen LogP contribution in [-0.2, 0) is 21.0 Å². The largest absolute Gasteiger partial charge is 0.407 e. The summed E-state index contributed by atoms with van der Waals surface area (Å²) in [6.07, 6.45) is 4.47. The van der Waals surface area contributed by atoms with Gasteiger partial charge in [0.15, 0.2) is 0 Å². The first-order valence-electron chi connectivity index (χ1n) is 13.1. The summed E-state index contributed by atoms with van der Waals surface area (Å²) in [6, 6.07) is 21.2. The van der Waals surface area contributed by atoms with E-state index in [0.29, 0.717) is 39.1 Å². The van der Waals surface area contributed by atoms with Crippen LogP contribution in [-0.4, -0.2) is 56.6 Å². The van der Waals surface area contributed by atoms with Crippen molar-refractivity contribution in [1.82, 2.24) is 14.1 Å². The molecule has 0 saturated carbocycles. The quantitative estimate of drug-likeness (QED) is 0.421. The zero-order chi connectivity index (χ0) is 26.7. The van der Waals surface area contributed by atoms with E-state index in [1.54, 1.807) is 10.9 Å². The Bertz CT molecular complexity index is 1210. The lowest BCUT2D eigenvalue weighted by Gasteiger charge is -2.43. The van der Waals surface area contributed by atoms with Crippen LogP contribution in [0.1, 0.15) is 40.5 Å². The molecule has 0 bridgehead atoms. The molecule has 1 aliphatic rings. The number of hydrogen-bond donors (Lipinski definition) is 1.